The number of amides is 2. The fourth-order valence-corrected chi connectivity index (χ4v) is 2.62. The van der Waals surface area contributed by atoms with Crippen LogP contribution >= 0.6 is 0 Å². The van der Waals surface area contributed by atoms with Gasteiger partial charge in [-0.15, -0.1) is 0 Å². The SMILES string of the molecule is CCc1cc(CNC(=O)N2CCN(Cc3ccon3)CC2)[nH]n1. The number of carbonyl (C=O) groups is 1. The highest BCUT2D eigenvalue weighted by Gasteiger charge is 2.21. The smallest absolute Gasteiger partial charge is 0.317 e. The molecule has 1 aliphatic rings. The van der Waals surface area contributed by atoms with E-state index < -0.39 is 0 Å². The minimum atomic E-state index is -0.0289. The Kier molecular flexibility index (Phi) is 4.92. The number of hydrogen-bond donors (Lipinski definition) is 2. The zero-order chi connectivity index (χ0) is 16.1. The molecule has 3 heterocycles. The Morgan fingerprint density at radius 3 is 2.83 bits per heavy atom. The second-order valence-corrected chi connectivity index (χ2v) is 5.65. The predicted molar refractivity (Wildman–Crippen MR) is 83.6 cm³/mol. The highest BCUT2D eigenvalue weighted by molar-refractivity contribution is 5.74. The number of H-pyrrole nitrogens is 1. The number of aryl methyl sites for hydroxylation is 1. The molecule has 0 spiro atoms. The minimum absolute atomic E-state index is 0.0289. The molecule has 0 aromatic carbocycles. The lowest BCUT2D eigenvalue weighted by Gasteiger charge is -2.34. The van der Waals surface area contributed by atoms with Gasteiger partial charge in [0, 0.05) is 38.8 Å². The quantitative estimate of drug-likeness (QED) is 0.858. The largest absolute Gasteiger partial charge is 0.364 e. The van der Waals surface area contributed by atoms with Gasteiger partial charge < -0.3 is 14.7 Å². The Balaban J connectivity index is 1.41. The van der Waals surface area contributed by atoms with E-state index in [1.54, 1.807) is 6.26 Å². The Morgan fingerprint density at radius 1 is 1.35 bits per heavy atom. The van der Waals surface area contributed by atoms with Gasteiger partial charge in [-0.25, -0.2) is 4.79 Å². The molecular weight excluding hydrogens is 296 g/mol. The molecule has 8 nitrogen and oxygen atoms in total. The van der Waals surface area contributed by atoms with E-state index in [2.05, 4.69) is 32.5 Å². The minimum Gasteiger partial charge on any atom is -0.364 e. The molecule has 1 fully saturated rings. The molecule has 0 unspecified atom stereocenters. The number of nitrogens with zero attached hydrogens (tertiary/aromatic N) is 4. The third-order valence-electron chi connectivity index (χ3n) is 4.01. The number of carbonyl (C=O) groups excluding carboxylic acids is 1. The summed E-state index contributed by atoms with van der Waals surface area (Å²) >= 11 is 0. The molecule has 23 heavy (non-hydrogen) atoms. The summed E-state index contributed by atoms with van der Waals surface area (Å²) in [6, 6.07) is 3.82. The molecule has 0 saturated carbocycles. The number of piperazine rings is 1. The van der Waals surface area contributed by atoms with E-state index >= 15 is 0 Å². The van der Waals surface area contributed by atoms with Gasteiger partial charge in [0.15, 0.2) is 0 Å². The van der Waals surface area contributed by atoms with Crippen molar-refractivity contribution in [2.24, 2.45) is 0 Å². The van der Waals surface area contributed by atoms with Gasteiger partial charge in [0.2, 0.25) is 0 Å². The van der Waals surface area contributed by atoms with Crippen molar-refractivity contribution >= 4 is 6.03 Å². The van der Waals surface area contributed by atoms with Crippen molar-refractivity contribution in [1.82, 2.24) is 30.5 Å². The van der Waals surface area contributed by atoms with Gasteiger partial charge >= 0.3 is 6.03 Å². The predicted octanol–water partition coefficient (Wildman–Crippen LogP) is 0.987. The van der Waals surface area contributed by atoms with Crippen molar-refractivity contribution in [3.8, 4) is 0 Å². The standard InChI is InChI=1S/C15H22N6O2/c1-2-12-9-14(18-17-12)10-16-15(22)21-6-4-20(5-7-21)11-13-3-8-23-19-13/h3,8-9H,2,4-7,10-11H2,1H3,(H,16,22)(H,17,18). The molecule has 1 saturated heterocycles. The molecule has 0 atom stereocenters. The molecule has 2 amide bonds. The molecule has 8 heteroatoms. The lowest BCUT2D eigenvalue weighted by molar-refractivity contribution is 0.133. The molecule has 124 valence electrons. The second kappa shape index (κ2) is 7.28. The van der Waals surface area contributed by atoms with Gasteiger partial charge in [-0.05, 0) is 12.5 Å². The Labute approximate surface area is 134 Å². The summed E-state index contributed by atoms with van der Waals surface area (Å²) in [5.74, 6) is 0. The number of aromatic nitrogens is 3. The van der Waals surface area contributed by atoms with Gasteiger partial charge in [-0.2, -0.15) is 5.10 Å². The summed E-state index contributed by atoms with van der Waals surface area (Å²) in [5, 5.41) is 14.0. The summed E-state index contributed by atoms with van der Waals surface area (Å²) in [6.45, 7) is 6.40. The third-order valence-corrected chi connectivity index (χ3v) is 4.01. The Bertz CT molecular complexity index is 616. The van der Waals surface area contributed by atoms with Crippen molar-refractivity contribution in [2.75, 3.05) is 26.2 Å². The number of aromatic amines is 1. The Hall–Kier alpha value is -2.35. The lowest BCUT2D eigenvalue weighted by Crippen LogP contribution is -2.51. The molecule has 2 aromatic heterocycles. The van der Waals surface area contributed by atoms with Crippen molar-refractivity contribution in [1.29, 1.82) is 0 Å². The fourth-order valence-electron chi connectivity index (χ4n) is 2.62. The average Bonchev–Trinajstić information content (AvgIpc) is 3.24. The molecule has 2 N–H and O–H groups in total. The Morgan fingerprint density at radius 2 is 2.17 bits per heavy atom. The van der Waals surface area contributed by atoms with Crippen LogP contribution in [0.1, 0.15) is 24.0 Å². The van der Waals surface area contributed by atoms with Crippen molar-refractivity contribution < 1.29 is 9.32 Å². The first kappa shape index (κ1) is 15.5. The number of nitrogens with one attached hydrogen (secondary N) is 2. The van der Waals surface area contributed by atoms with Crippen LogP contribution in [0.3, 0.4) is 0 Å². The highest BCUT2D eigenvalue weighted by Crippen LogP contribution is 2.07. The van der Waals surface area contributed by atoms with Crippen LogP contribution in [-0.2, 0) is 19.5 Å². The van der Waals surface area contributed by atoms with Crippen molar-refractivity contribution in [3.05, 3.63) is 35.5 Å². The first-order chi connectivity index (χ1) is 11.2. The fraction of sp³-hybridized carbons (Fsp3) is 0.533. The monoisotopic (exact) mass is 318 g/mol. The van der Waals surface area contributed by atoms with Crippen LogP contribution in [0, 0.1) is 0 Å². The van der Waals surface area contributed by atoms with Crippen LogP contribution in [0.5, 0.6) is 0 Å². The van der Waals surface area contributed by atoms with E-state index in [0.29, 0.717) is 19.6 Å². The normalized spacial score (nSPS) is 15.8. The molecule has 2 aromatic rings. The molecule has 1 aliphatic heterocycles. The van der Waals surface area contributed by atoms with Crippen LogP contribution in [0.4, 0.5) is 4.79 Å². The number of rotatable bonds is 5. The lowest BCUT2D eigenvalue weighted by atomic mass is 10.3. The topological polar surface area (TPSA) is 90.3 Å². The molecular formula is C15H22N6O2. The van der Waals surface area contributed by atoms with Gasteiger partial charge in [-0.1, -0.05) is 12.1 Å². The molecule has 0 aliphatic carbocycles. The van der Waals surface area contributed by atoms with Gasteiger partial charge in [0.05, 0.1) is 23.6 Å². The van der Waals surface area contributed by atoms with E-state index in [4.69, 9.17) is 4.52 Å². The van der Waals surface area contributed by atoms with Crippen molar-refractivity contribution in [2.45, 2.75) is 26.4 Å². The van der Waals surface area contributed by atoms with Crippen LogP contribution in [0.25, 0.3) is 0 Å². The zero-order valence-electron chi connectivity index (χ0n) is 13.3. The number of urea groups is 1. The van der Waals surface area contributed by atoms with E-state index in [-0.39, 0.29) is 6.03 Å². The van der Waals surface area contributed by atoms with E-state index in [9.17, 15) is 4.79 Å². The van der Waals surface area contributed by atoms with Crippen LogP contribution in [-0.4, -0.2) is 57.4 Å². The van der Waals surface area contributed by atoms with E-state index in [1.165, 1.54) is 0 Å². The average molecular weight is 318 g/mol. The van der Waals surface area contributed by atoms with Crippen LogP contribution in [0.2, 0.25) is 0 Å². The summed E-state index contributed by atoms with van der Waals surface area (Å²) < 4.78 is 4.84. The maximum absolute atomic E-state index is 12.2. The molecule has 0 radical (unpaired) electrons. The highest BCUT2D eigenvalue weighted by atomic mass is 16.5. The van der Waals surface area contributed by atoms with E-state index in [0.717, 1.165) is 43.1 Å². The number of hydrogen-bond acceptors (Lipinski definition) is 5. The van der Waals surface area contributed by atoms with Gasteiger partial charge in [0.25, 0.3) is 0 Å². The summed E-state index contributed by atoms with van der Waals surface area (Å²) in [7, 11) is 0. The maximum Gasteiger partial charge on any atom is 0.317 e. The maximum atomic E-state index is 12.2. The van der Waals surface area contributed by atoms with E-state index in [1.807, 2.05) is 17.0 Å². The van der Waals surface area contributed by atoms with Crippen molar-refractivity contribution in [3.63, 3.8) is 0 Å². The van der Waals surface area contributed by atoms with Crippen LogP contribution in [0.15, 0.2) is 22.9 Å². The van der Waals surface area contributed by atoms with Gasteiger partial charge in [-0.3, -0.25) is 10.00 Å². The summed E-state index contributed by atoms with van der Waals surface area (Å²) in [6.07, 6.45) is 2.47. The first-order valence-corrected chi connectivity index (χ1v) is 7.92. The second-order valence-electron chi connectivity index (χ2n) is 5.65. The molecule has 3 rings (SSSR count). The van der Waals surface area contributed by atoms with Crippen LogP contribution < -0.4 is 5.32 Å². The molecule has 0 bridgehead atoms. The first-order valence-electron chi connectivity index (χ1n) is 7.92. The van der Waals surface area contributed by atoms with Gasteiger partial charge in [0.1, 0.15) is 6.26 Å². The zero-order valence-corrected chi connectivity index (χ0v) is 13.3. The summed E-state index contributed by atoms with van der Waals surface area (Å²) in [4.78, 5) is 16.3. The summed E-state index contributed by atoms with van der Waals surface area (Å²) in [5.41, 5.74) is 2.87. The third kappa shape index (κ3) is 4.10.